The number of hydrogen-bond acceptors (Lipinski definition) is 5. The zero-order chi connectivity index (χ0) is 13.8. The van der Waals surface area contributed by atoms with Crippen molar-refractivity contribution in [1.29, 1.82) is 0 Å². The van der Waals surface area contributed by atoms with Gasteiger partial charge in [0.15, 0.2) is 0 Å². The van der Waals surface area contributed by atoms with Gasteiger partial charge in [0.05, 0.1) is 21.5 Å². The molecule has 0 radical (unpaired) electrons. The van der Waals surface area contributed by atoms with E-state index in [1.165, 1.54) is 6.07 Å². The molecule has 19 heavy (non-hydrogen) atoms. The van der Waals surface area contributed by atoms with E-state index in [2.05, 4.69) is 10.2 Å². The van der Waals surface area contributed by atoms with Crippen LogP contribution < -0.4 is 11.1 Å². The van der Waals surface area contributed by atoms with E-state index in [0.717, 1.165) is 26.2 Å². The molecule has 3 N–H and O–H groups in total. The molecule has 0 spiro atoms. The Balaban J connectivity index is 2.38. The second kappa shape index (κ2) is 6.05. The fourth-order valence-corrected chi connectivity index (χ4v) is 2.63. The topological polar surface area (TPSA) is 84.4 Å². The van der Waals surface area contributed by atoms with Gasteiger partial charge in [-0.2, -0.15) is 0 Å². The minimum Gasteiger partial charge on any atom is -0.392 e. The van der Waals surface area contributed by atoms with Gasteiger partial charge in [-0.1, -0.05) is 30.4 Å². The molecule has 1 aliphatic rings. The maximum absolute atomic E-state index is 11.1. The van der Waals surface area contributed by atoms with Crippen LogP contribution in [0.5, 0.6) is 0 Å². The highest BCUT2D eigenvalue weighted by molar-refractivity contribution is 7.80. The van der Waals surface area contributed by atoms with Crippen LogP contribution >= 0.6 is 12.2 Å². The SMILES string of the molecule is NC(=S)C(c1ccccc1[N+](=O)[O-])N1CCNCC1. The number of hydrogen-bond donors (Lipinski definition) is 2. The molecule has 2 rings (SSSR count). The van der Waals surface area contributed by atoms with Crippen LogP contribution in [0.1, 0.15) is 11.6 Å². The minimum atomic E-state index is -0.386. The largest absolute Gasteiger partial charge is 0.392 e. The third-order valence-corrected chi connectivity index (χ3v) is 3.44. The predicted molar refractivity (Wildman–Crippen MR) is 77.1 cm³/mol. The molecule has 0 saturated carbocycles. The number of rotatable bonds is 4. The average molecular weight is 280 g/mol. The number of nitro groups is 1. The number of nitro benzene ring substituents is 1. The number of para-hydroxylation sites is 1. The lowest BCUT2D eigenvalue weighted by atomic mass is 10.0. The third-order valence-electron chi connectivity index (χ3n) is 3.21. The monoisotopic (exact) mass is 280 g/mol. The lowest BCUT2D eigenvalue weighted by molar-refractivity contribution is -0.385. The van der Waals surface area contributed by atoms with Gasteiger partial charge >= 0.3 is 0 Å². The second-order valence-corrected chi connectivity index (χ2v) is 4.88. The molecular weight excluding hydrogens is 264 g/mol. The molecule has 1 heterocycles. The minimum absolute atomic E-state index is 0.0684. The van der Waals surface area contributed by atoms with E-state index in [-0.39, 0.29) is 21.6 Å². The Labute approximate surface area is 116 Å². The Hall–Kier alpha value is -1.57. The van der Waals surface area contributed by atoms with Gasteiger partial charge in [-0.05, 0) is 0 Å². The van der Waals surface area contributed by atoms with Gasteiger partial charge in [-0.3, -0.25) is 15.0 Å². The summed E-state index contributed by atoms with van der Waals surface area (Å²) in [5, 5.41) is 14.4. The van der Waals surface area contributed by atoms with Gasteiger partial charge in [-0.15, -0.1) is 0 Å². The summed E-state index contributed by atoms with van der Waals surface area (Å²) in [7, 11) is 0. The van der Waals surface area contributed by atoms with Crippen molar-refractivity contribution in [3.8, 4) is 0 Å². The number of nitrogens with two attached hydrogens (primary N) is 1. The van der Waals surface area contributed by atoms with Crippen molar-refractivity contribution in [3.63, 3.8) is 0 Å². The normalized spacial score (nSPS) is 17.9. The molecule has 1 aromatic carbocycles. The molecule has 7 heteroatoms. The fourth-order valence-electron chi connectivity index (χ4n) is 2.36. The number of benzene rings is 1. The fraction of sp³-hybridized carbons (Fsp3) is 0.417. The first-order chi connectivity index (χ1) is 9.11. The molecule has 1 atom stereocenters. The molecule has 0 aliphatic carbocycles. The average Bonchev–Trinajstić information content (AvgIpc) is 2.40. The second-order valence-electron chi connectivity index (χ2n) is 4.41. The number of thiocarbonyl (C=S) groups is 1. The summed E-state index contributed by atoms with van der Waals surface area (Å²) in [6.45, 7) is 3.21. The van der Waals surface area contributed by atoms with Crippen molar-refractivity contribution in [1.82, 2.24) is 10.2 Å². The maximum atomic E-state index is 11.1. The summed E-state index contributed by atoms with van der Waals surface area (Å²) in [6.07, 6.45) is 0. The highest BCUT2D eigenvalue weighted by Gasteiger charge is 2.29. The Morgan fingerprint density at radius 1 is 1.42 bits per heavy atom. The van der Waals surface area contributed by atoms with E-state index in [1.807, 2.05) is 0 Å². The van der Waals surface area contributed by atoms with Gasteiger partial charge in [0.25, 0.3) is 5.69 Å². The number of nitrogens with one attached hydrogen (secondary N) is 1. The first kappa shape index (κ1) is 13.9. The summed E-state index contributed by atoms with van der Waals surface area (Å²) in [5.41, 5.74) is 6.45. The molecule has 6 nitrogen and oxygen atoms in total. The van der Waals surface area contributed by atoms with Crippen molar-refractivity contribution in [2.75, 3.05) is 26.2 Å². The predicted octanol–water partition coefficient (Wildman–Crippen LogP) is 0.827. The van der Waals surface area contributed by atoms with Crippen LogP contribution in [0.2, 0.25) is 0 Å². The van der Waals surface area contributed by atoms with Crippen molar-refractivity contribution in [2.24, 2.45) is 5.73 Å². The number of piperazine rings is 1. The first-order valence-corrected chi connectivity index (χ1v) is 6.49. The van der Waals surface area contributed by atoms with Gasteiger partial charge in [-0.25, -0.2) is 0 Å². The van der Waals surface area contributed by atoms with E-state index in [0.29, 0.717) is 5.56 Å². The van der Waals surface area contributed by atoms with Crippen LogP contribution in [0.15, 0.2) is 24.3 Å². The van der Waals surface area contributed by atoms with Crippen LogP contribution in [0.3, 0.4) is 0 Å². The van der Waals surface area contributed by atoms with Crippen LogP contribution in [-0.2, 0) is 0 Å². The van der Waals surface area contributed by atoms with Crippen molar-refractivity contribution in [2.45, 2.75) is 6.04 Å². The lowest BCUT2D eigenvalue weighted by Gasteiger charge is -2.34. The summed E-state index contributed by atoms with van der Waals surface area (Å²) < 4.78 is 0. The van der Waals surface area contributed by atoms with Crippen molar-refractivity contribution in [3.05, 3.63) is 39.9 Å². The molecule has 0 bridgehead atoms. The van der Waals surface area contributed by atoms with Gasteiger partial charge in [0.1, 0.15) is 0 Å². The molecule has 0 aromatic heterocycles. The Morgan fingerprint density at radius 3 is 2.63 bits per heavy atom. The Kier molecular flexibility index (Phi) is 4.41. The standard InChI is InChI=1S/C12H16N4O2S/c13-12(19)11(15-7-5-14-6-8-15)9-3-1-2-4-10(9)16(17)18/h1-4,11,14H,5-8H2,(H2,13,19). The molecule has 1 aliphatic heterocycles. The summed E-state index contributed by atoms with van der Waals surface area (Å²) >= 11 is 5.12. The van der Waals surface area contributed by atoms with Gasteiger partial charge < -0.3 is 11.1 Å². The summed E-state index contributed by atoms with van der Waals surface area (Å²) in [4.78, 5) is 13.1. The number of nitrogens with zero attached hydrogens (tertiary/aromatic N) is 2. The molecule has 1 aromatic rings. The van der Waals surface area contributed by atoms with Crippen LogP contribution in [0.4, 0.5) is 5.69 Å². The third kappa shape index (κ3) is 3.06. The van der Waals surface area contributed by atoms with Gasteiger partial charge in [0.2, 0.25) is 0 Å². The quantitative estimate of drug-likeness (QED) is 0.483. The highest BCUT2D eigenvalue weighted by atomic mass is 32.1. The van der Waals surface area contributed by atoms with Crippen LogP contribution in [-0.4, -0.2) is 41.0 Å². The van der Waals surface area contributed by atoms with Crippen LogP contribution in [0.25, 0.3) is 0 Å². The Bertz CT molecular complexity index is 488. The molecule has 102 valence electrons. The first-order valence-electron chi connectivity index (χ1n) is 6.08. The van der Waals surface area contributed by atoms with Gasteiger partial charge in [0, 0.05) is 32.2 Å². The van der Waals surface area contributed by atoms with E-state index < -0.39 is 0 Å². The molecule has 1 unspecified atom stereocenters. The van der Waals surface area contributed by atoms with Crippen molar-refractivity contribution >= 4 is 22.9 Å². The summed E-state index contributed by atoms with van der Waals surface area (Å²) in [5.74, 6) is 0. The molecule has 1 fully saturated rings. The molecule has 0 amide bonds. The maximum Gasteiger partial charge on any atom is 0.274 e. The smallest absolute Gasteiger partial charge is 0.274 e. The van der Waals surface area contributed by atoms with E-state index in [4.69, 9.17) is 18.0 Å². The van der Waals surface area contributed by atoms with Crippen molar-refractivity contribution < 1.29 is 4.92 Å². The highest BCUT2D eigenvalue weighted by Crippen LogP contribution is 2.29. The lowest BCUT2D eigenvalue weighted by Crippen LogP contribution is -2.48. The summed E-state index contributed by atoms with van der Waals surface area (Å²) in [6, 6.07) is 6.26. The zero-order valence-corrected chi connectivity index (χ0v) is 11.2. The molecular formula is C12H16N4O2S. The Morgan fingerprint density at radius 2 is 2.05 bits per heavy atom. The zero-order valence-electron chi connectivity index (χ0n) is 10.4. The van der Waals surface area contributed by atoms with E-state index in [9.17, 15) is 10.1 Å². The van der Waals surface area contributed by atoms with Crippen LogP contribution in [0, 0.1) is 10.1 Å². The van der Waals surface area contributed by atoms with E-state index >= 15 is 0 Å². The van der Waals surface area contributed by atoms with E-state index in [1.54, 1.807) is 18.2 Å². The molecule has 1 saturated heterocycles.